The summed E-state index contributed by atoms with van der Waals surface area (Å²) in [5.74, 6) is -1.91. The Bertz CT molecular complexity index is 1500. The monoisotopic (exact) mass is 501 g/mol. The number of rotatable bonds is 6. The van der Waals surface area contributed by atoms with Crippen molar-refractivity contribution < 1.29 is 23.0 Å². The standard InChI is InChI=1S/C23H18ClF2N5O4/c1-12-9-28-20(30-5-4-16(29-30)23(33)34-3)8-18(12)31-13(2)6-19(21(24)22(31)32)35-11-17-15(26)7-14(25)10-27-17/h4-10H,11H2,1-3H3. The van der Waals surface area contributed by atoms with Gasteiger partial charge in [0.2, 0.25) is 0 Å². The molecular formula is C23H18ClF2N5O4. The number of nitrogens with zero attached hydrogens (tertiary/aromatic N) is 5. The molecule has 0 aliphatic carbocycles. The molecule has 0 amide bonds. The van der Waals surface area contributed by atoms with Crippen LogP contribution in [0.2, 0.25) is 5.02 Å². The molecule has 4 aromatic heterocycles. The van der Waals surface area contributed by atoms with Crippen LogP contribution < -0.4 is 10.3 Å². The van der Waals surface area contributed by atoms with Gasteiger partial charge in [0.1, 0.15) is 28.9 Å². The molecule has 0 aliphatic heterocycles. The minimum Gasteiger partial charge on any atom is -0.485 e. The van der Waals surface area contributed by atoms with E-state index in [-0.39, 0.29) is 28.8 Å². The summed E-state index contributed by atoms with van der Waals surface area (Å²) in [6.07, 6.45) is 3.96. The van der Waals surface area contributed by atoms with Crippen LogP contribution in [0.15, 0.2) is 47.7 Å². The lowest BCUT2D eigenvalue weighted by Gasteiger charge is -2.16. The molecule has 0 radical (unpaired) electrons. The summed E-state index contributed by atoms with van der Waals surface area (Å²) in [7, 11) is 1.25. The normalized spacial score (nSPS) is 10.9. The number of esters is 1. The fraction of sp³-hybridized carbons (Fsp3) is 0.174. The quantitative estimate of drug-likeness (QED) is 0.371. The van der Waals surface area contributed by atoms with Crippen LogP contribution in [0.3, 0.4) is 0 Å². The molecule has 0 aromatic carbocycles. The van der Waals surface area contributed by atoms with Gasteiger partial charge in [0.25, 0.3) is 5.56 Å². The first-order chi connectivity index (χ1) is 16.7. The lowest BCUT2D eigenvalue weighted by molar-refractivity contribution is 0.0593. The Morgan fingerprint density at radius 1 is 1.14 bits per heavy atom. The fourth-order valence-corrected chi connectivity index (χ4v) is 3.51. The van der Waals surface area contributed by atoms with E-state index in [1.54, 1.807) is 26.1 Å². The number of carbonyl (C=O) groups excluding carboxylic acids is 1. The van der Waals surface area contributed by atoms with Gasteiger partial charge in [-0.2, -0.15) is 5.10 Å². The highest BCUT2D eigenvalue weighted by molar-refractivity contribution is 6.31. The van der Waals surface area contributed by atoms with E-state index in [4.69, 9.17) is 16.3 Å². The molecular weight excluding hydrogens is 484 g/mol. The van der Waals surface area contributed by atoms with Gasteiger partial charge in [0.15, 0.2) is 17.3 Å². The van der Waals surface area contributed by atoms with E-state index in [2.05, 4.69) is 19.8 Å². The maximum absolute atomic E-state index is 13.9. The van der Waals surface area contributed by atoms with Gasteiger partial charge < -0.3 is 9.47 Å². The molecule has 180 valence electrons. The van der Waals surface area contributed by atoms with Crippen LogP contribution in [0, 0.1) is 25.5 Å². The second kappa shape index (κ2) is 9.63. The lowest BCUT2D eigenvalue weighted by atomic mass is 10.2. The van der Waals surface area contributed by atoms with Gasteiger partial charge in [-0.3, -0.25) is 14.3 Å². The minimum atomic E-state index is -0.875. The fourth-order valence-electron chi connectivity index (χ4n) is 3.31. The number of halogens is 3. The summed E-state index contributed by atoms with van der Waals surface area (Å²) in [5.41, 5.74) is 1.00. The number of methoxy groups -OCH3 is 1. The van der Waals surface area contributed by atoms with Gasteiger partial charge >= 0.3 is 5.97 Å². The van der Waals surface area contributed by atoms with E-state index in [1.165, 1.54) is 34.7 Å². The molecule has 0 unspecified atom stereocenters. The van der Waals surface area contributed by atoms with E-state index in [1.807, 2.05) is 0 Å². The highest BCUT2D eigenvalue weighted by Crippen LogP contribution is 2.26. The van der Waals surface area contributed by atoms with Crippen LogP contribution in [-0.2, 0) is 11.3 Å². The van der Waals surface area contributed by atoms with Crippen molar-refractivity contribution in [1.29, 1.82) is 0 Å². The summed E-state index contributed by atoms with van der Waals surface area (Å²) in [4.78, 5) is 32.8. The van der Waals surface area contributed by atoms with Gasteiger partial charge in [-0.25, -0.2) is 23.2 Å². The van der Waals surface area contributed by atoms with Crippen LogP contribution in [0.5, 0.6) is 5.75 Å². The predicted octanol–water partition coefficient (Wildman–Crippen LogP) is 3.73. The molecule has 0 bridgehead atoms. The molecule has 0 fully saturated rings. The maximum Gasteiger partial charge on any atom is 0.358 e. The Morgan fingerprint density at radius 2 is 1.91 bits per heavy atom. The molecule has 0 saturated heterocycles. The van der Waals surface area contributed by atoms with Gasteiger partial charge in [-0.1, -0.05) is 11.6 Å². The van der Waals surface area contributed by atoms with Crippen molar-refractivity contribution in [2.45, 2.75) is 20.5 Å². The molecule has 0 N–H and O–H groups in total. The number of hydrogen-bond donors (Lipinski definition) is 0. The highest BCUT2D eigenvalue weighted by atomic mass is 35.5. The Balaban J connectivity index is 1.69. The number of ether oxygens (including phenoxy) is 2. The molecule has 35 heavy (non-hydrogen) atoms. The van der Waals surface area contributed by atoms with Crippen molar-refractivity contribution in [3.63, 3.8) is 0 Å². The summed E-state index contributed by atoms with van der Waals surface area (Å²) in [6, 6.07) is 5.31. The van der Waals surface area contributed by atoms with Crippen LogP contribution in [-0.4, -0.2) is 37.4 Å². The molecule has 4 heterocycles. The van der Waals surface area contributed by atoms with E-state index in [0.717, 1.165) is 6.20 Å². The Morgan fingerprint density at radius 3 is 2.63 bits per heavy atom. The Labute approximate surface area is 202 Å². The second-order valence-electron chi connectivity index (χ2n) is 7.44. The minimum absolute atomic E-state index is 0.0256. The summed E-state index contributed by atoms with van der Waals surface area (Å²) in [5, 5.41) is 3.91. The van der Waals surface area contributed by atoms with E-state index >= 15 is 0 Å². The highest BCUT2D eigenvalue weighted by Gasteiger charge is 2.18. The van der Waals surface area contributed by atoms with Crippen molar-refractivity contribution in [3.05, 3.63) is 92.5 Å². The van der Waals surface area contributed by atoms with Crippen molar-refractivity contribution in [1.82, 2.24) is 24.3 Å². The first kappa shape index (κ1) is 24.0. The van der Waals surface area contributed by atoms with Gasteiger partial charge in [0.05, 0.1) is 19.0 Å². The molecule has 4 rings (SSSR count). The molecule has 0 spiro atoms. The number of hydrogen-bond acceptors (Lipinski definition) is 7. The Kier molecular flexibility index (Phi) is 6.61. The zero-order valence-electron chi connectivity index (χ0n) is 18.8. The van der Waals surface area contributed by atoms with E-state index in [9.17, 15) is 18.4 Å². The van der Waals surface area contributed by atoms with Gasteiger partial charge in [0, 0.05) is 36.3 Å². The molecule has 9 nitrogen and oxygen atoms in total. The van der Waals surface area contributed by atoms with Gasteiger partial charge in [-0.05, 0) is 25.5 Å². The molecule has 4 aromatic rings. The number of pyridine rings is 3. The summed E-state index contributed by atoms with van der Waals surface area (Å²) >= 11 is 6.30. The zero-order valence-corrected chi connectivity index (χ0v) is 19.5. The Hall–Kier alpha value is -4.12. The topological polar surface area (TPSA) is 101 Å². The van der Waals surface area contributed by atoms with Crippen LogP contribution >= 0.6 is 11.6 Å². The van der Waals surface area contributed by atoms with Crippen LogP contribution in [0.4, 0.5) is 8.78 Å². The summed E-state index contributed by atoms with van der Waals surface area (Å²) < 4.78 is 39.9. The van der Waals surface area contributed by atoms with Crippen LogP contribution in [0.25, 0.3) is 11.5 Å². The average Bonchev–Trinajstić information content (AvgIpc) is 3.32. The van der Waals surface area contributed by atoms with E-state index < -0.39 is 23.2 Å². The van der Waals surface area contributed by atoms with Crippen molar-refractivity contribution in [2.24, 2.45) is 0 Å². The van der Waals surface area contributed by atoms with Crippen molar-refractivity contribution in [3.8, 4) is 17.3 Å². The number of aryl methyl sites for hydroxylation is 2. The molecule has 0 aliphatic rings. The van der Waals surface area contributed by atoms with Crippen LogP contribution in [0.1, 0.15) is 27.4 Å². The maximum atomic E-state index is 13.9. The molecule has 12 heteroatoms. The smallest absolute Gasteiger partial charge is 0.358 e. The number of carbonyl (C=O) groups is 1. The summed E-state index contributed by atoms with van der Waals surface area (Å²) in [6.45, 7) is 3.08. The first-order valence-electron chi connectivity index (χ1n) is 10.2. The van der Waals surface area contributed by atoms with E-state index in [0.29, 0.717) is 28.8 Å². The predicted molar refractivity (Wildman–Crippen MR) is 121 cm³/mol. The third-order valence-corrected chi connectivity index (χ3v) is 5.42. The first-order valence-corrected chi connectivity index (χ1v) is 10.5. The average molecular weight is 502 g/mol. The molecule has 0 saturated carbocycles. The SMILES string of the molecule is COC(=O)c1ccn(-c2cc(-n3c(C)cc(OCc4ncc(F)cc4F)c(Cl)c3=O)c(C)cn2)n1. The van der Waals surface area contributed by atoms with Gasteiger partial charge in [-0.15, -0.1) is 0 Å². The van der Waals surface area contributed by atoms with Crippen molar-refractivity contribution in [2.75, 3.05) is 7.11 Å². The third-order valence-electron chi connectivity index (χ3n) is 5.07. The zero-order chi connectivity index (χ0) is 25.3. The second-order valence-corrected chi connectivity index (χ2v) is 7.82. The third kappa shape index (κ3) is 4.76. The largest absolute Gasteiger partial charge is 0.485 e. The van der Waals surface area contributed by atoms with Crippen molar-refractivity contribution >= 4 is 17.6 Å². The lowest BCUT2D eigenvalue weighted by Crippen LogP contribution is -2.23. The molecule has 0 atom stereocenters. The number of aromatic nitrogens is 5.